The maximum atomic E-state index is 12.6. The van der Waals surface area contributed by atoms with Crippen LogP contribution in [0.1, 0.15) is 16.8 Å². The van der Waals surface area contributed by atoms with E-state index in [0.717, 1.165) is 0 Å². The van der Waals surface area contributed by atoms with Crippen LogP contribution in [0.15, 0.2) is 12.1 Å². The molecule has 1 aromatic carbocycles. The number of amides is 2. The minimum absolute atomic E-state index is 0.0504. The smallest absolute Gasteiger partial charge is 0.256 e. The van der Waals surface area contributed by atoms with Crippen LogP contribution in [0, 0.1) is 0 Å². The molecule has 1 saturated heterocycles. The highest BCUT2D eigenvalue weighted by molar-refractivity contribution is 6.00. The van der Waals surface area contributed by atoms with Gasteiger partial charge in [-0.15, -0.1) is 0 Å². The summed E-state index contributed by atoms with van der Waals surface area (Å²) < 4.78 is 10.3. The summed E-state index contributed by atoms with van der Waals surface area (Å²) >= 11 is 0. The molecule has 0 bridgehead atoms. The SMILES string of the molecule is COc1cc(N)c(C(=O)N2CCNC(=O)CC2)cc1OC. The van der Waals surface area contributed by atoms with Gasteiger partial charge in [-0.2, -0.15) is 0 Å². The van der Waals surface area contributed by atoms with Gasteiger partial charge in [-0.3, -0.25) is 9.59 Å². The van der Waals surface area contributed by atoms with Gasteiger partial charge >= 0.3 is 0 Å². The Morgan fingerprint density at radius 1 is 1.24 bits per heavy atom. The van der Waals surface area contributed by atoms with Gasteiger partial charge in [-0.1, -0.05) is 0 Å². The maximum absolute atomic E-state index is 12.6. The van der Waals surface area contributed by atoms with Crippen molar-refractivity contribution < 1.29 is 19.1 Å². The fourth-order valence-electron chi connectivity index (χ4n) is 2.22. The molecule has 0 atom stereocenters. The van der Waals surface area contributed by atoms with Crippen LogP contribution in [0.5, 0.6) is 11.5 Å². The third-order valence-corrected chi connectivity index (χ3v) is 3.39. The Balaban J connectivity index is 2.28. The number of nitrogens with one attached hydrogen (secondary N) is 1. The maximum Gasteiger partial charge on any atom is 0.256 e. The van der Waals surface area contributed by atoms with Crippen molar-refractivity contribution in [3.8, 4) is 11.5 Å². The van der Waals surface area contributed by atoms with Crippen LogP contribution in [0.4, 0.5) is 5.69 Å². The van der Waals surface area contributed by atoms with Crippen LogP contribution in [0.25, 0.3) is 0 Å². The van der Waals surface area contributed by atoms with Crippen molar-refractivity contribution in [3.63, 3.8) is 0 Å². The minimum atomic E-state index is -0.218. The Labute approximate surface area is 123 Å². The summed E-state index contributed by atoms with van der Waals surface area (Å²) in [5.41, 5.74) is 6.60. The Morgan fingerprint density at radius 3 is 2.57 bits per heavy atom. The first-order valence-electron chi connectivity index (χ1n) is 6.64. The summed E-state index contributed by atoms with van der Waals surface area (Å²) in [6.45, 7) is 1.27. The summed E-state index contributed by atoms with van der Waals surface area (Å²) in [6, 6.07) is 3.13. The van der Waals surface area contributed by atoms with Gasteiger partial charge in [-0.05, 0) is 6.07 Å². The summed E-state index contributed by atoms with van der Waals surface area (Å²) in [6.07, 6.45) is 0.291. The number of anilines is 1. The summed E-state index contributed by atoms with van der Waals surface area (Å²) in [4.78, 5) is 25.5. The zero-order valence-electron chi connectivity index (χ0n) is 12.1. The Kier molecular flexibility index (Phi) is 4.52. The molecule has 0 radical (unpaired) electrons. The molecule has 7 nitrogen and oxygen atoms in total. The van der Waals surface area contributed by atoms with Crippen molar-refractivity contribution in [2.45, 2.75) is 6.42 Å². The number of hydrogen-bond acceptors (Lipinski definition) is 5. The number of benzene rings is 1. The average molecular weight is 293 g/mol. The third-order valence-electron chi connectivity index (χ3n) is 3.39. The molecule has 2 rings (SSSR count). The molecule has 0 spiro atoms. The number of nitrogens with two attached hydrogens (primary N) is 1. The quantitative estimate of drug-likeness (QED) is 0.779. The minimum Gasteiger partial charge on any atom is -0.493 e. The lowest BCUT2D eigenvalue weighted by Crippen LogP contribution is -2.34. The van der Waals surface area contributed by atoms with Crippen LogP contribution in [0.2, 0.25) is 0 Å². The molecule has 1 fully saturated rings. The van der Waals surface area contributed by atoms with Crippen molar-refractivity contribution in [1.29, 1.82) is 0 Å². The highest BCUT2D eigenvalue weighted by Gasteiger charge is 2.23. The van der Waals surface area contributed by atoms with Gasteiger partial charge in [0.05, 0.1) is 19.8 Å². The zero-order valence-corrected chi connectivity index (χ0v) is 12.1. The number of rotatable bonds is 3. The largest absolute Gasteiger partial charge is 0.493 e. The molecule has 21 heavy (non-hydrogen) atoms. The van der Waals surface area contributed by atoms with E-state index in [0.29, 0.717) is 48.8 Å². The van der Waals surface area contributed by atoms with Gasteiger partial charge in [0, 0.05) is 37.8 Å². The first kappa shape index (κ1) is 15.0. The first-order chi connectivity index (χ1) is 10.1. The highest BCUT2D eigenvalue weighted by Crippen LogP contribution is 2.32. The predicted molar refractivity (Wildman–Crippen MR) is 77.5 cm³/mol. The summed E-state index contributed by atoms with van der Waals surface area (Å²) in [5, 5.41) is 2.73. The Hall–Kier alpha value is -2.44. The van der Waals surface area contributed by atoms with Gasteiger partial charge in [-0.25, -0.2) is 0 Å². The van der Waals surface area contributed by atoms with E-state index in [1.807, 2.05) is 0 Å². The monoisotopic (exact) mass is 293 g/mol. The molecule has 114 valence electrons. The standard InChI is InChI=1S/C14H19N3O4/c1-20-11-7-9(10(15)8-12(11)21-2)14(19)17-5-3-13(18)16-4-6-17/h7-8H,3-6,15H2,1-2H3,(H,16,18). The van der Waals surface area contributed by atoms with Crippen LogP contribution >= 0.6 is 0 Å². The fraction of sp³-hybridized carbons (Fsp3) is 0.429. The molecule has 2 amide bonds. The van der Waals surface area contributed by atoms with E-state index in [1.54, 1.807) is 17.0 Å². The van der Waals surface area contributed by atoms with E-state index in [4.69, 9.17) is 15.2 Å². The van der Waals surface area contributed by atoms with E-state index in [-0.39, 0.29) is 11.8 Å². The molecule has 1 aromatic rings. The second-order valence-electron chi connectivity index (χ2n) is 4.69. The molecule has 0 aliphatic carbocycles. The molecule has 7 heteroatoms. The van der Waals surface area contributed by atoms with Crippen LogP contribution < -0.4 is 20.5 Å². The number of nitrogen functional groups attached to an aromatic ring is 1. The number of ether oxygens (including phenoxy) is 2. The molecule has 0 saturated carbocycles. The molecule has 1 aliphatic heterocycles. The average Bonchev–Trinajstić information content (AvgIpc) is 2.71. The third kappa shape index (κ3) is 3.18. The number of carbonyl (C=O) groups excluding carboxylic acids is 2. The summed E-state index contributed by atoms with van der Waals surface area (Å²) in [7, 11) is 3.00. The lowest BCUT2D eigenvalue weighted by Gasteiger charge is -2.21. The topological polar surface area (TPSA) is 93.9 Å². The van der Waals surface area contributed by atoms with E-state index >= 15 is 0 Å². The van der Waals surface area contributed by atoms with Crippen molar-refractivity contribution in [2.75, 3.05) is 39.6 Å². The zero-order chi connectivity index (χ0) is 15.4. The van der Waals surface area contributed by atoms with Crippen molar-refractivity contribution in [2.24, 2.45) is 0 Å². The molecular formula is C14H19N3O4. The molecule has 1 aliphatic rings. The Morgan fingerprint density at radius 2 is 1.90 bits per heavy atom. The second-order valence-corrected chi connectivity index (χ2v) is 4.69. The first-order valence-corrected chi connectivity index (χ1v) is 6.64. The molecule has 0 aromatic heterocycles. The number of methoxy groups -OCH3 is 2. The number of nitrogens with zero attached hydrogens (tertiary/aromatic N) is 1. The Bertz CT molecular complexity index is 559. The van der Waals surface area contributed by atoms with E-state index in [2.05, 4.69) is 5.32 Å². The summed E-state index contributed by atoms with van der Waals surface area (Å²) in [5.74, 6) is 0.647. The predicted octanol–water partition coefficient (Wildman–Crippen LogP) is 0.248. The van der Waals surface area contributed by atoms with Crippen molar-refractivity contribution in [1.82, 2.24) is 10.2 Å². The van der Waals surface area contributed by atoms with Crippen LogP contribution in [0.3, 0.4) is 0 Å². The lowest BCUT2D eigenvalue weighted by molar-refractivity contribution is -0.120. The van der Waals surface area contributed by atoms with Crippen LogP contribution in [-0.2, 0) is 4.79 Å². The van der Waals surface area contributed by atoms with Gasteiger partial charge in [0.25, 0.3) is 5.91 Å². The van der Waals surface area contributed by atoms with E-state index in [9.17, 15) is 9.59 Å². The molecule has 1 heterocycles. The normalized spacial score (nSPS) is 15.1. The van der Waals surface area contributed by atoms with Crippen molar-refractivity contribution >= 4 is 17.5 Å². The molecule has 0 unspecified atom stereocenters. The lowest BCUT2D eigenvalue weighted by atomic mass is 10.1. The van der Waals surface area contributed by atoms with Gasteiger partial charge in [0.2, 0.25) is 5.91 Å². The van der Waals surface area contributed by atoms with Gasteiger partial charge in [0.15, 0.2) is 11.5 Å². The second kappa shape index (κ2) is 6.34. The van der Waals surface area contributed by atoms with Gasteiger partial charge < -0.3 is 25.4 Å². The number of carbonyl (C=O) groups is 2. The molecular weight excluding hydrogens is 274 g/mol. The highest BCUT2D eigenvalue weighted by atomic mass is 16.5. The van der Waals surface area contributed by atoms with Crippen LogP contribution in [-0.4, -0.2) is 50.6 Å². The van der Waals surface area contributed by atoms with E-state index < -0.39 is 0 Å². The van der Waals surface area contributed by atoms with Gasteiger partial charge in [0.1, 0.15) is 0 Å². The number of hydrogen-bond donors (Lipinski definition) is 2. The van der Waals surface area contributed by atoms with Crippen molar-refractivity contribution in [3.05, 3.63) is 17.7 Å². The van der Waals surface area contributed by atoms with E-state index in [1.165, 1.54) is 14.2 Å². The fourth-order valence-corrected chi connectivity index (χ4v) is 2.22. The molecule has 3 N–H and O–H groups in total.